The van der Waals surface area contributed by atoms with Gasteiger partial charge in [0.2, 0.25) is 0 Å². The Labute approximate surface area is 51.6 Å². The molecule has 2 N–H and O–H groups in total. The summed E-state index contributed by atoms with van der Waals surface area (Å²) in [5.41, 5.74) is 5.61. The maximum absolute atomic E-state index is 5.61. The van der Waals surface area contributed by atoms with Crippen LogP contribution >= 0.6 is 0 Å². The minimum absolute atomic E-state index is 0.282. The lowest BCUT2D eigenvalue weighted by molar-refractivity contribution is 0.703. The molecule has 0 bridgehead atoms. The molecule has 8 heavy (non-hydrogen) atoms. The molecule has 0 rings (SSSR count). The standard InChI is InChI=1S/C7H15N/c1-3-5-7(8)6-4-2/h3,5,7H,4,6,8H2,1-2H3/b5-3-/t7-/m0/s1. The Balaban J connectivity index is 3.17. The molecule has 0 aliphatic rings. The van der Waals surface area contributed by atoms with E-state index >= 15 is 0 Å². The minimum atomic E-state index is 0.282. The Bertz CT molecular complexity index is 66.8. The van der Waals surface area contributed by atoms with Crippen LogP contribution in [0.25, 0.3) is 0 Å². The van der Waals surface area contributed by atoms with Crippen LogP contribution in [0.2, 0.25) is 0 Å². The molecule has 0 saturated carbocycles. The van der Waals surface area contributed by atoms with Gasteiger partial charge in [0.15, 0.2) is 0 Å². The van der Waals surface area contributed by atoms with Gasteiger partial charge in [-0.25, -0.2) is 0 Å². The van der Waals surface area contributed by atoms with Crippen LogP contribution in [0.5, 0.6) is 0 Å². The Morgan fingerprint density at radius 3 is 2.62 bits per heavy atom. The fourth-order valence-corrected chi connectivity index (χ4v) is 0.677. The van der Waals surface area contributed by atoms with Gasteiger partial charge >= 0.3 is 0 Å². The molecule has 0 saturated heterocycles. The summed E-state index contributed by atoms with van der Waals surface area (Å²) in [6.45, 7) is 4.14. The van der Waals surface area contributed by atoms with Crippen molar-refractivity contribution in [1.82, 2.24) is 0 Å². The van der Waals surface area contributed by atoms with Crippen molar-refractivity contribution >= 4 is 0 Å². The van der Waals surface area contributed by atoms with E-state index in [9.17, 15) is 0 Å². The van der Waals surface area contributed by atoms with Crippen LogP contribution in [-0.4, -0.2) is 6.04 Å². The van der Waals surface area contributed by atoms with Gasteiger partial charge in [0.25, 0.3) is 0 Å². The molecule has 0 aliphatic carbocycles. The lowest BCUT2D eigenvalue weighted by atomic mass is 10.2. The second-order valence-corrected chi connectivity index (χ2v) is 1.98. The predicted molar refractivity (Wildman–Crippen MR) is 37.7 cm³/mol. The van der Waals surface area contributed by atoms with Gasteiger partial charge in [-0.2, -0.15) is 0 Å². The largest absolute Gasteiger partial charge is 0.324 e. The minimum Gasteiger partial charge on any atom is -0.324 e. The molecular formula is C7H15N. The summed E-state index contributed by atoms with van der Waals surface area (Å²) in [6.07, 6.45) is 6.31. The van der Waals surface area contributed by atoms with Crippen LogP contribution in [0.15, 0.2) is 12.2 Å². The topological polar surface area (TPSA) is 26.0 Å². The zero-order valence-electron chi connectivity index (χ0n) is 5.72. The quantitative estimate of drug-likeness (QED) is 0.554. The Hall–Kier alpha value is -0.300. The van der Waals surface area contributed by atoms with Crippen molar-refractivity contribution in [3.8, 4) is 0 Å². The third-order valence-corrected chi connectivity index (χ3v) is 1.06. The van der Waals surface area contributed by atoms with E-state index in [1.807, 2.05) is 19.1 Å². The molecule has 0 radical (unpaired) electrons. The molecule has 0 spiro atoms. The average Bonchev–Trinajstić information content (AvgIpc) is 1.68. The summed E-state index contributed by atoms with van der Waals surface area (Å²) in [4.78, 5) is 0. The van der Waals surface area contributed by atoms with E-state index in [0.29, 0.717) is 0 Å². The lowest BCUT2D eigenvalue weighted by Gasteiger charge is -2.00. The first kappa shape index (κ1) is 7.70. The molecular weight excluding hydrogens is 98.1 g/mol. The van der Waals surface area contributed by atoms with Crippen molar-refractivity contribution in [3.05, 3.63) is 12.2 Å². The maximum Gasteiger partial charge on any atom is 0.0223 e. The van der Waals surface area contributed by atoms with E-state index in [0.717, 1.165) is 6.42 Å². The molecule has 0 aromatic rings. The normalized spacial score (nSPS) is 14.9. The molecule has 0 aromatic heterocycles. The van der Waals surface area contributed by atoms with E-state index in [4.69, 9.17) is 5.73 Å². The van der Waals surface area contributed by atoms with Gasteiger partial charge in [-0.15, -0.1) is 0 Å². The van der Waals surface area contributed by atoms with E-state index < -0.39 is 0 Å². The van der Waals surface area contributed by atoms with Crippen molar-refractivity contribution in [1.29, 1.82) is 0 Å². The van der Waals surface area contributed by atoms with Gasteiger partial charge < -0.3 is 5.73 Å². The van der Waals surface area contributed by atoms with E-state index in [1.54, 1.807) is 0 Å². The molecule has 0 amide bonds. The second-order valence-electron chi connectivity index (χ2n) is 1.98. The monoisotopic (exact) mass is 113 g/mol. The summed E-state index contributed by atoms with van der Waals surface area (Å²) in [5, 5.41) is 0. The zero-order valence-corrected chi connectivity index (χ0v) is 5.72. The highest BCUT2D eigenvalue weighted by atomic mass is 14.6. The van der Waals surface area contributed by atoms with E-state index in [-0.39, 0.29) is 6.04 Å². The molecule has 0 unspecified atom stereocenters. The Morgan fingerprint density at radius 1 is 1.62 bits per heavy atom. The van der Waals surface area contributed by atoms with Crippen molar-refractivity contribution in [2.75, 3.05) is 0 Å². The maximum atomic E-state index is 5.61. The summed E-state index contributed by atoms with van der Waals surface area (Å²) < 4.78 is 0. The highest BCUT2D eigenvalue weighted by molar-refractivity contribution is 4.87. The number of allylic oxidation sites excluding steroid dienone is 1. The summed E-state index contributed by atoms with van der Waals surface area (Å²) in [5.74, 6) is 0. The fraction of sp³-hybridized carbons (Fsp3) is 0.714. The zero-order chi connectivity index (χ0) is 6.41. The van der Waals surface area contributed by atoms with Gasteiger partial charge in [-0.1, -0.05) is 25.5 Å². The third kappa shape index (κ3) is 3.88. The van der Waals surface area contributed by atoms with Crippen LogP contribution in [0.4, 0.5) is 0 Å². The van der Waals surface area contributed by atoms with Gasteiger partial charge in [-0.05, 0) is 13.3 Å². The smallest absolute Gasteiger partial charge is 0.0223 e. The van der Waals surface area contributed by atoms with Crippen LogP contribution in [0.1, 0.15) is 26.7 Å². The average molecular weight is 113 g/mol. The van der Waals surface area contributed by atoms with Crippen molar-refractivity contribution in [2.45, 2.75) is 32.7 Å². The van der Waals surface area contributed by atoms with Crippen LogP contribution < -0.4 is 5.73 Å². The van der Waals surface area contributed by atoms with Gasteiger partial charge in [0, 0.05) is 6.04 Å². The molecule has 1 nitrogen and oxygen atoms in total. The van der Waals surface area contributed by atoms with E-state index in [1.165, 1.54) is 6.42 Å². The molecule has 0 fully saturated rings. The fourth-order valence-electron chi connectivity index (χ4n) is 0.677. The first-order valence-electron chi connectivity index (χ1n) is 3.19. The molecule has 0 aliphatic heterocycles. The summed E-state index contributed by atoms with van der Waals surface area (Å²) in [6, 6.07) is 0.282. The predicted octanol–water partition coefficient (Wildman–Crippen LogP) is 1.69. The second kappa shape index (κ2) is 4.85. The SMILES string of the molecule is C/C=C\[C@H](N)CCC. The van der Waals surface area contributed by atoms with Crippen LogP contribution in [0, 0.1) is 0 Å². The first-order valence-corrected chi connectivity index (χ1v) is 3.19. The highest BCUT2D eigenvalue weighted by Gasteiger charge is 1.90. The van der Waals surface area contributed by atoms with Gasteiger partial charge in [0.05, 0.1) is 0 Å². The number of rotatable bonds is 3. The molecule has 48 valence electrons. The lowest BCUT2D eigenvalue weighted by Crippen LogP contribution is -2.15. The van der Waals surface area contributed by atoms with Crippen molar-refractivity contribution < 1.29 is 0 Å². The van der Waals surface area contributed by atoms with E-state index in [2.05, 4.69) is 6.92 Å². The summed E-state index contributed by atoms with van der Waals surface area (Å²) >= 11 is 0. The van der Waals surface area contributed by atoms with Crippen molar-refractivity contribution in [3.63, 3.8) is 0 Å². The third-order valence-electron chi connectivity index (χ3n) is 1.06. The summed E-state index contributed by atoms with van der Waals surface area (Å²) in [7, 11) is 0. The van der Waals surface area contributed by atoms with Crippen LogP contribution in [-0.2, 0) is 0 Å². The molecule has 1 heteroatoms. The number of hydrogen-bond donors (Lipinski definition) is 1. The Kier molecular flexibility index (Phi) is 4.67. The van der Waals surface area contributed by atoms with Gasteiger partial charge in [0.1, 0.15) is 0 Å². The van der Waals surface area contributed by atoms with Gasteiger partial charge in [-0.3, -0.25) is 0 Å². The Morgan fingerprint density at radius 2 is 2.25 bits per heavy atom. The molecule has 1 atom stereocenters. The van der Waals surface area contributed by atoms with Crippen LogP contribution in [0.3, 0.4) is 0 Å². The molecule has 0 heterocycles. The number of hydrogen-bond acceptors (Lipinski definition) is 1. The first-order chi connectivity index (χ1) is 3.81. The van der Waals surface area contributed by atoms with Crippen molar-refractivity contribution in [2.24, 2.45) is 5.73 Å². The highest BCUT2D eigenvalue weighted by Crippen LogP contribution is 1.93. The number of nitrogens with two attached hydrogens (primary N) is 1. The molecule has 0 aromatic carbocycles.